The summed E-state index contributed by atoms with van der Waals surface area (Å²) in [5.41, 5.74) is 6.10. The first kappa shape index (κ1) is 16.7. The van der Waals surface area contributed by atoms with Gasteiger partial charge in [0, 0.05) is 4.88 Å². The van der Waals surface area contributed by atoms with Gasteiger partial charge >= 0.3 is 0 Å². The number of benzene rings is 2. The Hall–Kier alpha value is -2.72. The molecule has 3 nitrogen and oxygen atoms in total. The minimum absolute atomic E-state index is 0.0861. The van der Waals surface area contributed by atoms with Gasteiger partial charge in [0.2, 0.25) is 5.91 Å². The van der Waals surface area contributed by atoms with Crippen molar-refractivity contribution in [3.05, 3.63) is 81.5 Å². The molecule has 0 N–H and O–H groups in total. The molecule has 0 saturated heterocycles. The highest BCUT2D eigenvalue weighted by Crippen LogP contribution is 2.36. The molecule has 3 aromatic rings. The number of thiophene rings is 1. The number of carbonyl (C=O) groups excluding carboxylic acids is 1. The van der Waals surface area contributed by atoms with Crippen molar-refractivity contribution in [1.29, 1.82) is 0 Å². The lowest BCUT2D eigenvalue weighted by Crippen LogP contribution is -2.31. The molecule has 1 aliphatic rings. The maximum Gasteiger partial charge on any atom is 0.233 e. The lowest BCUT2D eigenvalue weighted by molar-refractivity contribution is -0.117. The van der Waals surface area contributed by atoms with Crippen LogP contribution in [0.2, 0.25) is 0 Å². The monoisotopic (exact) mass is 360 g/mol. The normalized spacial score (nSPS) is 14.0. The summed E-state index contributed by atoms with van der Waals surface area (Å²) in [7, 11) is 0. The summed E-state index contributed by atoms with van der Waals surface area (Å²) in [6.45, 7) is 4.72. The minimum Gasteiger partial charge on any atom is -0.306 e. The van der Waals surface area contributed by atoms with E-state index >= 15 is 0 Å². The van der Waals surface area contributed by atoms with Crippen molar-refractivity contribution in [2.75, 3.05) is 4.90 Å². The number of amides is 1. The molecular weight excluding hydrogens is 340 g/mol. The van der Waals surface area contributed by atoms with Gasteiger partial charge in [-0.2, -0.15) is 0 Å². The van der Waals surface area contributed by atoms with Crippen molar-refractivity contribution in [2.24, 2.45) is 4.99 Å². The minimum atomic E-state index is 0.0861. The molecule has 0 bridgehead atoms. The molecule has 26 heavy (non-hydrogen) atoms. The lowest BCUT2D eigenvalue weighted by Gasteiger charge is -2.23. The third-order valence-electron chi connectivity index (χ3n) is 4.75. The van der Waals surface area contributed by atoms with Crippen LogP contribution in [-0.2, 0) is 11.3 Å². The number of anilines is 1. The summed E-state index contributed by atoms with van der Waals surface area (Å²) >= 11 is 1.63. The number of hydrogen-bond acceptors (Lipinski definition) is 3. The molecule has 0 spiro atoms. The SMILES string of the molecule is Cc1cc2c(cc1C)N(Cc1ccccc1)C(=O)CC(c1cccs1)=N2. The number of hydrogen-bond donors (Lipinski definition) is 0. The van der Waals surface area contributed by atoms with E-state index < -0.39 is 0 Å². The Morgan fingerprint density at radius 3 is 2.54 bits per heavy atom. The van der Waals surface area contributed by atoms with Gasteiger partial charge in [-0.15, -0.1) is 11.3 Å². The standard InChI is InChI=1S/C22H20N2OS/c1-15-11-18-20(12-16(15)2)24(14-17-7-4-3-5-8-17)22(25)13-19(23-18)21-9-6-10-26-21/h3-12H,13-14H2,1-2H3. The van der Waals surface area contributed by atoms with Gasteiger partial charge in [0.25, 0.3) is 0 Å². The van der Waals surface area contributed by atoms with Crippen LogP contribution in [0.5, 0.6) is 0 Å². The molecule has 0 unspecified atom stereocenters. The molecule has 1 aliphatic heterocycles. The average molecular weight is 360 g/mol. The van der Waals surface area contributed by atoms with E-state index in [1.54, 1.807) is 11.3 Å². The summed E-state index contributed by atoms with van der Waals surface area (Å²) in [4.78, 5) is 21.0. The molecule has 2 aromatic carbocycles. The van der Waals surface area contributed by atoms with E-state index in [1.807, 2.05) is 40.6 Å². The number of rotatable bonds is 3. The molecule has 4 rings (SSSR count). The van der Waals surface area contributed by atoms with Crippen molar-refractivity contribution in [1.82, 2.24) is 0 Å². The molecule has 1 aromatic heterocycles. The van der Waals surface area contributed by atoms with Crippen LogP contribution in [0, 0.1) is 13.8 Å². The van der Waals surface area contributed by atoms with Crippen molar-refractivity contribution < 1.29 is 4.79 Å². The second-order valence-electron chi connectivity index (χ2n) is 6.60. The van der Waals surface area contributed by atoms with Crippen LogP contribution in [0.1, 0.15) is 28.0 Å². The van der Waals surface area contributed by atoms with E-state index in [1.165, 1.54) is 11.1 Å². The molecule has 0 radical (unpaired) electrons. The zero-order valence-electron chi connectivity index (χ0n) is 14.9. The smallest absolute Gasteiger partial charge is 0.233 e. The number of nitrogens with zero attached hydrogens (tertiary/aromatic N) is 2. The first-order valence-corrected chi connectivity index (χ1v) is 9.57. The van der Waals surface area contributed by atoms with E-state index in [-0.39, 0.29) is 5.91 Å². The highest BCUT2D eigenvalue weighted by Gasteiger charge is 2.26. The summed E-state index contributed by atoms with van der Waals surface area (Å²) in [5, 5.41) is 2.02. The molecular formula is C22H20N2OS. The fraction of sp³-hybridized carbons (Fsp3) is 0.182. The number of fused-ring (bicyclic) bond motifs is 1. The molecule has 0 aliphatic carbocycles. The lowest BCUT2D eigenvalue weighted by atomic mass is 10.1. The van der Waals surface area contributed by atoms with E-state index in [2.05, 4.69) is 38.1 Å². The van der Waals surface area contributed by atoms with Crippen molar-refractivity contribution in [2.45, 2.75) is 26.8 Å². The van der Waals surface area contributed by atoms with Crippen LogP contribution in [0.4, 0.5) is 11.4 Å². The Bertz CT molecular complexity index is 975. The Balaban J connectivity index is 1.82. The zero-order chi connectivity index (χ0) is 18.1. The van der Waals surface area contributed by atoms with Crippen LogP contribution in [0.3, 0.4) is 0 Å². The first-order valence-electron chi connectivity index (χ1n) is 8.69. The van der Waals surface area contributed by atoms with Crippen LogP contribution < -0.4 is 4.90 Å². The third-order valence-corrected chi connectivity index (χ3v) is 5.66. The summed E-state index contributed by atoms with van der Waals surface area (Å²) < 4.78 is 0. The molecule has 4 heteroatoms. The van der Waals surface area contributed by atoms with Crippen LogP contribution >= 0.6 is 11.3 Å². The summed E-state index contributed by atoms with van der Waals surface area (Å²) in [5.74, 6) is 0.0861. The van der Waals surface area contributed by atoms with E-state index in [4.69, 9.17) is 4.99 Å². The third kappa shape index (κ3) is 3.20. The average Bonchev–Trinajstić information content (AvgIpc) is 3.14. The second-order valence-corrected chi connectivity index (χ2v) is 7.55. The van der Waals surface area contributed by atoms with Gasteiger partial charge in [-0.1, -0.05) is 36.4 Å². The summed E-state index contributed by atoms with van der Waals surface area (Å²) in [6, 6.07) is 18.3. The van der Waals surface area contributed by atoms with Gasteiger partial charge in [0.05, 0.1) is 30.1 Å². The molecule has 130 valence electrons. The maximum atomic E-state index is 13.1. The Morgan fingerprint density at radius 1 is 1.04 bits per heavy atom. The van der Waals surface area contributed by atoms with Gasteiger partial charge < -0.3 is 4.90 Å². The predicted molar refractivity (Wildman–Crippen MR) is 109 cm³/mol. The fourth-order valence-electron chi connectivity index (χ4n) is 3.17. The Labute approximate surface area is 157 Å². The highest BCUT2D eigenvalue weighted by molar-refractivity contribution is 7.12. The molecule has 0 saturated carbocycles. The summed E-state index contributed by atoms with van der Waals surface area (Å²) in [6.07, 6.45) is 0.320. The first-order chi connectivity index (χ1) is 12.6. The van der Waals surface area contributed by atoms with Gasteiger partial charge in [-0.3, -0.25) is 4.79 Å². The van der Waals surface area contributed by atoms with Gasteiger partial charge in [0.15, 0.2) is 0 Å². The molecule has 0 atom stereocenters. The van der Waals surface area contributed by atoms with Crippen LogP contribution in [-0.4, -0.2) is 11.6 Å². The van der Waals surface area contributed by atoms with Gasteiger partial charge in [0.1, 0.15) is 0 Å². The van der Waals surface area contributed by atoms with Crippen molar-refractivity contribution in [3.8, 4) is 0 Å². The Kier molecular flexibility index (Phi) is 4.43. The maximum absolute atomic E-state index is 13.1. The molecule has 2 heterocycles. The van der Waals surface area contributed by atoms with Crippen LogP contribution in [0.25, 0.3) is 0 Å². The van der Waals surface area contributed by atoms with E-state index in [9.17, 15) is 4.79 Å². The van der Waals surface area contributed by atoms with Crippen molar-refractivity contribution >= 4 is 34.3 Å². The number of aryl methyl sites for hydroxylation is 2. The highest BCUT2D eigenvalue weighted by atomic mass is 32.1. The van der Waals surface area contributed by atoms with Crippen LogP contribution in [0.15, 0.2) is 65.0 Å². The van der Waals surface area contributed by atoms with E-state index in [0.29, 0.717) is 13.0 Å². The number of carbonyl (C=O) groups is 1. The fourth-order valence-corrected chi connectivity index (χ4v) is 3.89. The quantitative estimate of drug-likeness (QED) is 0.613. The van der Waals surface area contributed by atoms with Gasteiger partial charge in [-0.25, -0.2) is 4.99 Å². The van der Waals surface area contributed by atoms with Crippen molar-refractivity contribution in [3.63, 3.8) is 0 Å². The number of aliphatic imine (C=N–C) groups is 1. The van der Waals surface area contributed by atoms with E-state index in [0.717, 1.165) is 27.5 Å². The Morgan fingerprint density at radius 2 is 1.81 bits per heavy atom. The predicted octanol–water partition coefficient (Wildman–Crippen LogP) is 5.42. The molecule has 0 fully saturated rings. The second kappa shape index (κ2) is 6.89. The zero-order valence-corrected chi connectivity index (χ0v) is 15.7. The molecule has 1 amide bonds. The topological polar surface area (TPSA) is 32.7 Å². The largest absolute Gasteiger partial charge is 0.306 e. The van der Waals surface area contributed by atoms with Gasteiger partial charge in [-0.05, 0) is 54.1 Å².